The molecule has 0 atom stereocenters. The van der Waals surface area contributed by atoms with Crippen LogP contribution in [0.15, 0.2) is 24.4 Å². The van der Waals surface area contributed by atoms with Gasteiger partial charge < -0.3 is 10.1 Å². The van der Waals surface area contributed by atoms with Crippen LogP contribution < -0.4 is 10.1 Å². The van der Waals surface area contributed by atoms with E-state index < -0.39 is 18.7 Å². The van der Waals surface area contributed by atoms with Crippen molar-refractivity contribution in [2.75, 3.05) is 11.9 Å². The highest BCUT2D eigenvalue weighted by atomic mass is 19.4. The minimum atomic E-state index is -4.44. The van der Waals surface area contributed by atoms with Gasteiger partial charge in [-0.15, -0.1) is 0 Å². The van der Waals surface area contributed by atoms with Crippen LogP contribution in [0.3, 0.4) is 0 Å². The number of halogens is 3. The molecule has 0 fully saturated rings. The number of carbonyl (C=O) groups is 1. The molecule has 6 nitrogen and oxygen atoms in total. The lowest BCUT2D eigenvalue weighted by molar-refractivity contribution is -0.154. The molecule has 0 aliphatic heterocycles. The molecule has 118 valence electrons. The molecule has 0 saturated carbocycles. The van der Waals surface area contributed by atoms with Crippen LogP contribution in [0.4, 0.5) is 19.0 Å². The average Bonchev–Trinajstić information content (AvgIpc) is 2.74. The molecule has 0 spiro atoms. The second-order valence-corrected chi connectivity index (χ2v) is 4.54. The third kappa shape index (κ3) is 4.21. The van der Waals surface area contributed by atoms with E-state index in [1.165, 1.54) is 12.1 Å². The van der Waals surface area contributed by atoms with Crippen LogP contribution in [0.5, 0.6) is 5.88 Å². The van der Waals surface area contributed by atoms with E-state index in [4.69, 9.17) is 0 Å². The first-order chi connectivity index (χ1) is 10.2. The number of rotatable bonds is 4. The maximum atomic E-state index is 12.0. The maximum Gasteiger partial charge on any atom is 0.422 e. The van der Waals surface area contributed by atoms with Crippen molar-refractivity contribution in [3.63, 3.8) is 0 Å². The summed E-state index contributed by atoms with van der Waals surface area (Å²) in [6, 6.07) is 4.21. The fraction of sp³-hybridized carbons (Fsp3) is 0.308. The Balaban J connectivity index is 1.99. The maximum absolute atomic E-state index is 12.0. The van der Waals surface area contributed by atoms with E-state index in [9.17, 15) is 18.0 Å². The Morgan fingerprint density at radius 3 is 2.64 bits per heavy atom. The lowest BCUT2D eigenvalue weighted by Gasteiger charge is -2.08. The fourth-order valence-electron chi connectivity index (χ4n) is 1.57. The first kappa shape index (κ1) is 15.8. The molecule has 1 amide bonds. The molecule has 9 heteroatoms. The number of aryl methyl sites for hydroxylation is 2. The molecule has 0 unspecified atom stereocenters. The molecule has 0 radical (unpaired) electrons. The Bertz CT molecular complexity index is 645. The van der Waals surface area contributed by atoms with Gasteiger partial charge in [-0.1, -0.05) is 0 Å². The van der Waals surface area contributed by atoms with Crippen LogP contribution in [0, 0.1) is 6.92 Å². The van der Waals surface area contributed by atoms with Crippen molar-refractivity contribution >= 4 is 11.7 Å². The van der Waals surface area contributed by atoms with E-state index >= 15 is 0 Å². The van der Waals surface area contributed by atoms with Crippen molar-refractivity contribution in [1.29, 1.82) is 0 Å². The zero-order valence-electron chi connectivity index (χ0n) is 11.8. The standard InChI is InChI=1S/C13H13F3N4O2/c1-8-5-10(19-20(8)2)18-12(21)9-3-4-11(17-6-9)22-7-13(14,15)16/h3-6H,7H2,1-2H3,(H,18,19,21). The van der Waals surface area contributed by atoms with Crippen LogP contribution in [0.25, 0.3) is 0 Å². The number of nitrogens with one attached hydrogen (secondary N) is 1. The fourth-order valence-corrected chi connectivity index (χ4v) is 1.57. The van der Waals surface area contributed by atoms with Crippen molar-refractivity contribution < 1.29 is 22.7 Å². The molecular weight excluding hydrogens is 301 g/mol. The molecule has 2 aromatic heterocycles. The highest BCUT2D eigenvalue weighted by Crippen LogP contribution is 2.17. The SMILES string of the molecule is Cc1cc(NC(=O)c2ccc(OCC(F)(F)F)nc2)nn1C. The van der Waals surface area contributed by atoms with E-state index in [0.717, 1.165) is 11.9 Å². The second-order valence-electron chi connectivity index (χ2n) is 4.54. The Labute approximate surface area is 123 Å². The Hall–Kier alpha value is -2.58. The van der Waals surface area contributed by atoms with Gasteiger partial charge in [0, 0.05) is 31.1 Å². The van der Waals surface area contributed by atoms with Crippen LogP contribution >= 0.6 is 0 Å². The van der Waals surface area contributed by atoms with Gasteiger partial charge in [0.05, 0.1) is 5.56 Å². The average molecular weight is 314 g/mol. The van der Waals surface area contributed by atoms with Crippen molar-refractivity contribution in [1.82, 2.24) is 14.8 Å². The lowest BCUT2D eigenvalue weighted by Crippen LogP contribution is -2.19. The number of pyridine rings is 1. The number of carbonyl (C=O) groups excluding carboxylic acids is 1. The van der Waals surface area contributed by atoms with Gasteiger partial charge in [-0.05, 0) is 13.0 Å². The largest absolute Gasteiger partial charge is 0.468 e. The van der Waals surface area contributed by atoms with Crippen LogP contribution in [0.1, 0.15) is 16.1 Å². The van der Waals surface area contributed by atoms with Gasteiger partial charge >= 0.3 is 6.18 Å². The van der Waals surface area contributed by atoms with Gasteiger partial charge in [-0.3, -0.25) is 9.48 Å². The number of aromatic nitrogens is 3. The minimum Gasteiger partial charge on any atom is -0.468 e. The van der Waals surface area contributed by atoms with Gasteiger partial charge in [0.2, 0.25) is 5.88 Å². The van der Waals surface area contributed by atoms with Crippen LogP contribution in [0.2, 0.25) is 0 Å². The quantitative estimate of drug-likeness (QED) is 0.940. The summed E-state index contributed by atoms with van der Waals surface area (Å²) in [5, 5.41) is 6.63. The van der Waals surface area contributed by atoms with Gasteiger partial charge in [-0.2, -0.15) is 18.3 Å². The first-order valence-corrected chi connectivity index (χ1v) is 6.22. The van der Waals surface area contributed by atoms with Crippen LogP contribution in [-0.4, -0.2) is 33.5 Å². The molecule has 0 aromatic carbocycles. The van der Waals surface area contributed by atoms with Gasteiger partial charge in [0.1, 0.15) is 0 Å². The minimum absolute atomic E-state index is 0.183. The summed E-state index contributed by atoms with van der Waals surface area (Å²) in [6.07, 6.45) is -3.30. The van der Waals surface area contributed by atoms with E-state index in [1.807, 2.05) is 6.92 Å². The third-order valence-corrected chi connectivity index (χ3v) is 2.74. The zero-order chi connectivity index (χ0) is 16.3. The molecule has 0 aliphatic rings. The van der Waals surface area contributed by atoms with Crippen molar-refractivity contribution in [3.05, 3.63) is 35.7 Å². The molecule has 2 heterocycles. The molecule has 22 heavy (non-hydrogen) atoms. The van der Waals surface area contributed by atoms with Gasteiger partial charge in [0.25, 0.3) is 5.91 Å². The van der Waals surface area contributed by atoms with Crippen LogP contribution in [-0.2, 0) is 7.05 Å². The number of hydrogen-bond acceptors (Lipinski definition) is 4. The number of nitrogens with zero attached hydrogens (tertiary/aromatic N) is 3. The van der Waals surface area contributed by atoms with E-state index in [1.54, 1.807) is 17.8 Å². The number of hydrogen-bond donors (Lipinski definition) is 1. The van der Waals surface area contributed by atoms with Crippen molar-refractivity contribution in [2.24, 2.45) is 7.05 Å². The highest BCUT2D eigenvalue weighted by molar-refractivity contribution is 6.03. The Kier molecular flexibility index (Phi) is 4.34. The van der Waals surface area contributed by atoms with Crippen molar-refractivity contribution in [3.8, 4) is 5.88 Å². The molecule has 1 N–H and O–H groups in total. The summed E-state index contributed by atoms with van der Waals surface area (Å²) in [4.78, 5) is 15.6. The molecule has 2 rings (SSSR count). The summed E-state index contributed by atoms with van der Waals surface area (Å²) in [5.41, 5.74) is 1.05. The summed E-state index contributed by atoms with van der Waals surface area (Å²) >= 11 is 0. The third-order valence-electron chi connectivity index (χ3n) is 2.74. The number of anilines is 1. The van der Waals surface area contributed by atoms with E-state index in [-0.39, 0.29) is 11.4 Å². The highest BCUT2D eigenvalue weighted by Gasteiger charge is 2.28. The smallest absolute Gasteiger partial charge is 0.422 e. The Morgan fingerprint density at radius 2 is 2.14 bits per heavy atom. The van der Waals surface area contributed by atoms with Crippen molar-refractivity contribution in [2.45, 2.75) is 13.1 Å². The second kappa shape index (κ2) is 6.04. The predicted molar refractivity (Wildman–Crippen MR) is 71.7 cm³/mol. The van der Waals surface area contributed by atoms with Gasteiger partial charge in [-0.25, -0.2) is 4.98 Å². The summed E-state index contributed by atoms with van der Waals surface area (Å²) < 4.78 is 42.1. The van der Waals surface area contributed by atoms with E-state index in [0.29, 0.717) is 5.82 Å². The summed E-state index contributed by atoms with van der Waals surface area (Å²) in [5.74, 6) is -0.294. The monoisotopic (exact) mass is 314 g/mol. The normalized spacial score (nSPS) is 11.3. The predicted octanol–water partition coefficient (Wildman–Crippen LogP) is 2.32. The number of ether oxygens (including phenoxy) is 1. The molecule has 0 bridgehead atoms. The van der Waals surface area contributed by atoms with Gasteiger partial charge in [0.15, 0.2) is 12.4 Å². The topological polar surface area (TPSA) is 69.0 Å². The lowest BCUT2D eigenvalue weighted by atomic mass is 10.2. The van der Waals surface area contributed by atoms with E-state index in [2.05, 4.69) is 20.1 Å². The zero-order valence-corrected chi connectivity index (χ0v) is 11.8. The summed E-state index contributed by atoms with van der Waals surface area (Å²) in [6.45, 7) is 0.399. The first-order valence-electron chi connectivity index (χ1n) is 6.22. The summed E-state index contributed by atoms with van der Waals surface area (Å²) in [7, 11) is 1.74. The molecule has 0 aliphatic carbocycles. The number of amides is 1. The number of alkyl halides is 3. The molecule has 0 saturated heterocycles. The molecular formula is C13H13F3N4O2. The molecule has 2 aromatic rings. The Morgan fingerprint density at radius 1 is 1.41 bits per heavy atom.